The van der Waals surface area contributed by atoms with E-state index in [-0.39, 0.29) is 6.61 Å². The Kier molecular flexibility index (Phi) is 6.25. The number of carbonyl (C=O) groups is 1. The Morgan fingerprint density at radius 3 is 2.88 bits per heavy atom. The Hall–Kier alpha value is -2.38. The molecule has 26 heavy (non-hydrogen) atoms. The molecule has 2 aromatic heterocycles. The van der Waals surface area contributed by atoms with Crippen molar-refractivity contribution in [3.8, 4) is 5.75 Å². The summed E-state index contributed by atoms with van der Waals surface area (Å²) in [4.78, 5) is 19.8. The molecular formula is C19H19BrN2O4. The second-order valence-electron chi connectivity index (χ2n) is 5.64. The molecule has 7 heteroatoms. The van der Waals surface area contributed by atoms with Crippen molar-refractivity contribution in [3.05, 3.63) is 58.3 Å². The summed E-state index contributed by atoms with van der Waals surface area (Å²) in [5.74, 6) is 0.196. The lowest BCUT2D eigenvalue weighted by Gasteiger charge is -2.09. The lowest BCUT2D eigenvalue weighted by atomic mass is 10.2. The fourth-order valence-electron chi connectivity index (χ4n) is 2.49. The van der Waals surface area contributed by atoms with Gasteiger partial charge in [-0.05, 0) is 36.4 Å². The highest BCUT2D eigenvalue weighted by atomic mass is 79.9. The van der Waals surface area contributed by atoms with Crippen molar-refractivity contribution < 1.29 is 19.0 Å². The van der Waals surface area contributed by atoms with Crippen LogP contribution in [0.1, 0.15) is 16.1 Å². The fraction of sp³-hybridized carbons (Fsp3) is 0.263. The third kappa shape index (κ3) is 4.83. The fourth-order valence-corrected chi connectivity index (χ4v) is 2.97. The van der Waals surface area contributed by atoms with Crippen LogP contribution in [0, 0.1) is 0 Å². The van der Waals surface area contributed by atoms with Gasteiger partial charge in [-0.25, -0.2) is 9.78 Å². The summed E-state index contributed by atoms with van der Waals surface area (Å²) >= 11 is 3.38. The smallest absolute Gasteiger partial charge is 0.338 e. The SMILES string of the molecule is COCCOc1cc(Br)cc(C(=O)OCCc2cc3cccnc3[nH]2)c1. The van der Waals surface area contributed by atoms with E-state index in [4.69, 9.17) is 14.2 Å². The van der Waals surface area contributed by atoms with E-state index >= 15 is 0 Å². The number of nitrogens with zero attached hydrogens (tertiary/aromatic N) is 1. The predicted molar refractivity (Wildman–Crippen MR) is 102 cm³/mol. The molecule has 1 N–H and O–H groups in total. The Balaban J connectivity index is 1.57. The van der Waals surface area contributed by atoms with E-state index < -0.39 is 5.97 Å². The van der Waals surface area contributed by atoms with Crippen molar-refractivity contribution in [2.24, 2.45) is 0 Å². The predicted octanol–water partition coefficient (Wildman–Crippen LogP) is 3.75. The van der Waals surface area contributed by atoms with Gasteiger partial charge in [0.15, 0.2) is 0 Å². The van der Waals surface area contributed by atoms with E-state index in [1.807, 2.05) is 18.2 Å². The Morgan fingerprint density at radius 1 is 1.19 bits per heavy atom. The van der Waals surface area contributed by atoms with Crippen LogP contribution >= 0.6 is 15.9 Å². The summed E-state index contributed by atoms with van der Waals surface area (Å²) in [6.45, 7) is 1.17. The molecule has 0 amide bonds. The molecular weight excluding hydrogens is 400 g/mol. The number of H-pyrrole nitrogens is 1. The van der Waals surface area contributed by atoms with E-state index in [0.717, 1.165) is 21.2 Å². The molecule has 2 heterocycles. The first-order valence-corrected chi connectivity index (χ1v) is 8.97. The van der Waals surface area contributed by atoms with Gasteiger partial charge in [-0.1, -0.05) is 15.9 Å². The highest BCUT2D eigenvalue weighted by Gasteiger charge is 2.11. The van der Waals surface area contributed by atoms with Gasteiger partial charge in [0, 0.05) is 35.3 Å². The average Bonchev–Trinajstić information content (AvgIpc) is 3.04. The van der Waals surface area contributed by atoms with Crippen LogP contribution < -0.4 is 4.74 Å². The van der Waals surface area contributed by atoms with Crippen molar-refractivity contribution in [2.75, 3.05) is 26.9 Å². The lowest BCUT2D eigenvalue weighted by molar-refractivity contribution is 0.0508. The third-order valence-electron chi connectivity index (χ3n) is 3.72. The van der Waals surface area contributed by atoms with Gasteiger partial charge in [-0.3, -0.25) is 0 Å². The monoisotopic (exact) mass is 418 g/mol. The number of aromatic amines is 1. The van der Waals surface area contributed by atoms with E-state index in [9.17, 15) is 4.79 Å². The molecule has 3 aromatic rings. The van der Waals surface area contributed by atoms with Crippen LogP contribution in [0.2, 0.25) is 0 Å². The molecule has 3 rings (SSSR count). The number of methoxy groups -OCH3 is 1. The largest absolute Gasteiger partial charge is 0.491 e. The maximum Gasteiger partial charge on any atom is 0.338 e. The Labute approximate surface area is 159 Å². The molecule has 0 radical (unpaired) electrons. The molecule has 6 nitrogen and oxygen atoms in total. The number of ether oxygens (including phenoxy) is 3. The molecule has 0 spiro atoms. The highest BCUT2D eigenvalue weighted by molar-refractivity contribution is 9.10. The average molecular weight is 419 g/mol. The number of benzene rings is 1. The summed E-state index contributed by atoms with van der Waals surface area (Å²) in [5.41, 5.74) is 2.24. The number of fused-ring (bicyclic) bond motifs is 1. The maximum absolute atomic E-state index is 12.3. The van der Waals surface area contributed by atoms with Gasteiger partial charge in [0.1, 0.15) is 18.0 Å². The summed E-state index contributed by atoms with van der Waals surface area (Å²) in [7, 11) is 1.61. The second-order valence-corrected chi connectivity index (χ2v) is 6.55. The van der Waals surface area contributed by atoms with Crippen molar-refractivity contribution in [1.82, 2.24) is 9.97 Å². The van der Waals surface area contributed by atoms with Crippen molar-refractivity contribution >= 4 is 32.9 Å². The maximum atomic E-state index is 12.3. The van der Waals surface area contributed by atoms with Gasteiger partial charge in [-0.15, -0.1) is 0 Å². The lowest BCUT2D eigenvalue weighted by Crippen LogP contribution is -2.09. The number of hydrogen-bond acceptors (Lipinski definition) is 5. The number of hydrogen-bond donors (Lipinski definition) is 1. The summed E-state index contributed by atoms with van der Waals surface area (Å²) < 4.78 is 16.6. The van der Waals surface area contributed by atoms with E-state index in [1.165, 1.54) is 0 Å². The Morgan fingerprint density at radius 2 is 2.08 bits per heavy atom. The summed E-state index contributed by atoms with van der Waals surface area (Å²) in [5, 5.41) is 1.04. The minimum atomic E-state index is -0.392. The number of esters is 1. The first kappa shape index (κ1) is 18.4. The third-order valence-corrected chi connectivity index (χ3v) is 4.17. The zero-order chi connectivity index (χ0) is 18.4. The molecule has 0 saturated heterocycles. The molecule has 0 aliphatic heterocycles. The highest BCUT2D eigenvalue weighted by Crippen LogP contribution is 2.22. The summed E-state index contributed by atoms with van der Waals surface area (Å²) in [6, 6.07) is 11.1. The first-order chi connectivity index (χ1) is 12.7. The number of aromatic nitrogens is 2. The quantitative estimate of drug-likeness (QED) is 0.445. The van der Waals surface area contributed by atoms with Gasteiger partial charge in [-0.2, -0.15) is 0 Å². The first-order valence-electron chi connectivity index (χ1n) is 8.18. The molecule has 0 fully saturated rings. The van der Waals surface area contributed by atoms with Crippen LogP contribution in [0.4, 0.5) is 0 Å². The van der Waals surface area contributed by atoms with Crippen molar-refractivity contribution in [1.29, 1.82) is 0 Å². The number of rotatable bonds is 8. The number of carbonyl (C=O) groups excluding carboxylic acids is 1. The van der Waals surface area contributed by atoms with Crippen LogP contribution in [-0.4, -0.2) is 42.9 Å². The minimum absolute atomic E-state index is 0.276. The van der Waals surface area contributed by atoms with Gasteiger partial charge in [0.25, 0.3) is 0 Å². The molecule has 0 bridgehead atoms. The number of pyridine rings is 1. The van der Waals surface area contributed by atoms with Crippen LogP contribution in [0.15, 0.2) is 47.1 Å². The van der Waals surface area contributed by atoms with E-state index in [2.05, 4.69) is 25.9 Å². The molecule has 0 saturated carbocycles. The second kappa shape index (κ2) is 8.82. The van der Waals surface area contributed by atoms with Crippen molar-refractivity contribution in [2.45, 2.75) is 6.42 Å². The van der Waals surface area contributed by atoms with Crippen LogP contribution in [0.3, 0.4) is 0 Å². The number of halogens is 1. The standard InChI is InChI=1S/C19H19BrN2O4/c1-24-7-8-25-17-11-14(9-15(20)12-17)19(23)26-6-4-16-10-13-3-2-5-21-18(13)22-16/h2-3,5,9-12H,4,6-8H2,1H3,(H,21,22). The van der Waals surface area contributed by atoms with Crippen LogP contribution in [0.5, 0.6) is 5.75 Å². The van der Waals surface area contributed by atoms with Gasteiger partial charge in [0.2, 0.25) is 0 Å². The van der Waals surface area contributed by atoms with Gasteiger partial charge in [0.05, 0.1) is 18.8 Å². The molecule has 0 aliphatic rings. The molecule has 0 aliphatic carbocycles. The molecule has 0 atom stereocenters. The van der Waals surface area contributed by atoms with Crippen molar-refractivity contribution in [3.63, 3.8) is 0 Å². The topological polar surface area (TPSA) is 73.4 Å². The normalized spacial score (nSPS) is 10.8. The molecule has 136 valence electrons. The van der Waals surface area contributed by atoms with Gasteiger partial charge < -0.3 is 19.2 Å². The van der Waals surface area contributed by atoms with E-state index in [0.29, 0.717) is 30.9 Å². The zero-order valence-corrected chi connectivity index (χ0v) is 15.9. The number of nitrogens with one attached hydrogen (secondary N) is 1. The van der Waals surface area contributed by atoms with Crippen LogP contribution in [-0.2, 0) is 15.9 Å². The molecule has 0 unspecified atom stereocenters. The summed E-state index contributed by atoms with van der Waals surface area (Å²) in [6.07, 6.45) is 2.33. The van der Waals surface area contributed by atoms with Gasteiger partial charge >= 0.3 is 5.97 Å². The zero-order valence-electron chi connectivity index (χ0n) is 14.3. The minimum Gasteiger partial charge on any atom is -0.491 e. The van der Waals surface area contributed by atoms with Crippen LogP contribution in [0.25, 0.3) is 11.0 Å². The Bertz CT molecular complexity index is 861. The van der Waals surface area contributed by atoms with E-state index in [1.54, 1.807) is 31.5 Å². The molecule has 1 aromatic carbocycles.